The van der Waals surface area contributed by atoms with Crippen LogP contribution in [0.5, 0.6) is 0 Å². The molecule has 4 nitrogen and oxygen atoms in total. The van der Waals surface area contributed by atoms with Crippen molar-refractivity contribution >= 4 is 11.6 Å². The molecule has 1 aromatic carbocycles. The lowest BCUT2D eigenvalue weighted by Gasteiger charge is -2.33. The van der Waals surface area contributed by atoms with Crippen molar-refractivity contribution in [3.63, 3.8) is 0 Å². The van der Waals surface area contributed by atoms with Crippen molar-refractivity contribution in [1.29, 1.82) is 0 Å². The lowest BCUT2D eigenvalue weighted by Crippen LogP contribution is -2.45. The highest BCUT2D eigenvalue weighted by Crippen LogP contribution is 2.16. The van der Waals surface area contributed by atoms with Crippen LogP contribution in [0.4, 0.5) is 5.69 Å². The minimum atomic E-state index is 0.759. The van der Waals surface area contributed by atoms with Gasteiger partial charge < -0.3 is 15.1 Å². The second-order valence-corrected chi connectivity index (χ2v) is 6.16. The zero-order chi connectivity index (χ0) is 15.2. The number of piperidine rings is 1. The van der Waals surface area contributed by atoms with Crippen LogP contribution in [-0.4, -0.2) is 45.1 Å². The molecule has 1 aliphatic rings. The number of likely N-dealkylation sites (tertiary alicyclic amines) is 1. The lowest BCUT2D eigenvalue weighted by atomic mass is 10.0. The number of rotatable bonds is 3. The molecule has 1 saturated heterocycles. The first-order chi connectivity index (χ1) is 10.1. The Kier molecular flexibility index (Phi) is 5.48. The van der Waals surface area contributed by atoms with Gasteiger partial charge in [-0.2, -0.15) is 0 Å². The summed E-state index contributed by atoms with van der Waals surface area (Å²) in [6.07, 6.45) is 2.59. The fourth-order valence-corrected chi connectivity index (χ4v) is 2.84. The Morgan fingerprint density at radius 3 is 2.90 bits per heavy atom. The largest absolute Gasteiger partial charge is 0.378 e. The Balaban J connectivity index is 1.95. The van der Waals surface area contributed by atoms with Gasteiger partial charge in [0.05, 0.1) is 0 Å². The number of nitrogens with one attached hydrogen (secondary N) is 1. The summed E-state index contributed by atoms with van der Waals surface area (Å²) in [4.78, 5) is 8.95. The van der Waals surface area contributed by atoms with E-state index in [9.17, 15) is 0 Å². The Morgan fingerprint density at radius 2 is 2.24 bits per heavy atom. The highest BCUT2D eigenvalue weighted by molar-refractivity contribution is 5.80. The first-order valence-corrected chi connectivity index (χ1v) is 7.82. The van der Waals surface area contributed by atoms with E-state index in [2.05, 4.69) is 65.4 Å². The summed E-state index contributed by atoms with van der Waals surface area (Å²) in [5.74, 6) is 1.78. The van der Waals surface area contributed by atoms with Gasteiger partial charge in [0.2, 0.25) is 0 Å². The van der Waals surface area contributed by atoms with Gasteiger partial charge in [-0.3, -0.25) is 4.99 Å². The Bertz CT molecular complexity index is 481. The summed E-state index contributed by atoms with van der Waals surface area (Å²) in [6.45, 7) is 5.36. The number of anilines is 1. The summed E-state index contributed by atoms with van der Waals surface area (Å²) in [5, 5.41) is 3.50. The van der Waals surface area contributed by atoms with E-state index in [0.717, 1.165) is 31.5 Å². The normalized spacial score (nSPS) is 19.5. The van der Waals surface area contributed by atoms with E-state index in [1.165, 1.54) is 24.1 Å². The SMILES string of the molecule is CN=C(NCc1cccc(N(C)C)c1)N1CCCC(C)C1. The Hall–Kier alpha value is -1.71. The van der Waals surface area contributed by atoms with Crippen molar-refractivity contribution in [2.45, 2.75) is 26.3 Å². The van der Waals surface area contributed by atoms with Crippen LogP contribution in [0.3, 0.4) is 0 Å². The minimum absolute atomic E-state index is 0.759. The van der Waals surface area contributed by atoms with Crippen molar-refractivity contribution in [3.05, 3.63) is 29.8 Å². The second kappa shape index (κ2) is 7.34. The molecule has 2 rings (SSSR count). The monoisotopic (exact) mass is 288 g/mol. The highest BCUT2D eigenvalue weighted by atomic mass is 15.3. The van der Waals surface area contributed by atoms with Gasteiger partial charge in [0.25, 0.3) is 0 Å². The Labute approximate surface area is 128 Å². The maximum atomic E-state index is 4.44. The predicted molar refractivity (Wildman–Crippen MR) is 90.9 cm³/mol. The molecular formula is C17H28N4. The molecule has 21 heavy (non-hydrogen) atoms. The average molecular weight is 288 g/mol. The van der Waals surface area contributed by atoms with Crippen molar-refractivity contribution in [1.82, 2.24) is 10.2 Å². The van der Waals surface area contributed by atoms with Gasteiger partial charge >= 0.3 is 0 Å². The van der Waals surface area contributed by atoms with E-state index >= 15 is 0 Å². The van der Waals surface area contributed by atoms with Crippen LogP contribution in [-0.2, 0) is 6.54 Å². The Morgan fingerprint density at radius 1 is 1.43 bits per heavy atom. The lowest BCUT2D eigenvalue weighted by molar-refractivity contribution is 0.266. The third-order valence-corrected chi connectivity index (χ3v) is 4.05. The average Bonchev–Trinajstić information content (AvgIpc) is 2.48. The number of aliphatic imine (C=N–C) groups is 1. The van der Waals surface area contributed by atoms with Crippen molar-refractivity contribution < 1.29 is 0 Å². The summed E-state index contributed by atoms with van der Waals surface area (Å²) < 4.78 is 0. The molecule has 0 saturated carbocycles. The maximum absolute atomic E-state index is 4.44. The molecule has 0 aliphatic carbocycles. The van der Waals surface area contributed by atoms with Gasteiger partial charge in [0, 0.05) is 46.5 Å². The summed E-state index contributed by atoms with van der Waals surface area (Å²) >= 11 is 0. The smallest absolute Gasteiger partial charge is 0.193 e. The van der Waals surface area contributed by atoms with E-state index in [1.807, 2.05) is 7.05 Å². The topological polar surface area (TPSA) is 30.9 Å². The predicted octanol–water partition coefficient (Wildman–Crippen LogP) is 2.56. The molecule has 0 amide bonds. The molecule has 0 bridgehead atoms. The van der Waals surface area contributed by atoms with Gasteiger partial charge in [-0.15, -0.1) is 0 Å². The first-order valence-electron chi connectivity index (χ1n) is 7.82. The second-order valence-electron chi connectivity index (χ2n) is 6.16. The first kappa shape index (κ1) is 15.7. The molecule has 1 aromatic rings. The van der Waals surface area contributed by atoms with Crippen LogP contribution in [0.1, 0.15) is 25.3 Å². The van der Waals surface area contributed by atoms with Gasteiger partial charge in [-0.25, -0.2) is 0 Å². The van der Waals surface area contributed by atoms with Crippen LogP contribution in [0.15, 0.2) is 29.3 Å². The molecule has 1 heterocycles. The van der Waals surface area contributed by atoms with Crippen molar-refractivity contribution in [2.75, 3.05) is 39.1 Å². The third-order valence-electron chi connectivity index (χ3n) is 4.05. The summed E-state index contributed by atoms with van der Waals surface area (Å²) in [5.41, 5.74) is 2.52. The molecule has 4 heteroatoms. The zero-order valence-electron chi connectivity index (χ0n) is 13.8. The van der Waals surface area contributed by atoms with Gasteiger partial charge in [-0.1, -0.05) is 19.1 Å². The molecular weight excluding hydrogens is 260 g/mol. The van der Waals surface area contributed by atoms with E-state index in [-0.39, 0.29) is 0 Å². The molecule has 1 aliphatic heterocycles. The van der Waals surface area contributed by atoms with Crippen LogP contribution < -0.4 is 10.2 Å². The van der Waals surface area contributed by atoms with Crippen molar-refractivity contribution in [2.24, 2.45) is 10.9 Å². The number of hydrogen-bond donors (Lipinski definition) is 1. The fraction of sp³-hybridized carbons (Fsp3) is 0.588. The summed E-state index contributed by atoms with van der Waals surface area (Å²) in [6, 6.07) is 8.62. The van der Waals surface area contributed by atoms with E-state index in [4.69, 9.17) is 0 Å². The zero-order valence-corrected chi connectivity index (χ0v) is 13.8. The standard InChI is InChI=1S/C17H28N4/c1-14-7-6-10-21(13-14)17(18-2)19-12-15-8-5-9-16(11-15)20(3)4/h5,8-9,11,14H,6-7,10,12-13H2,1-4H3,(H,18,19). The molecule has 1 fully saturated rings. The van der Waals surface area contributed by atoms with Crippen LogP contribution in [0, 0.1) is 5.92 Å². The van der Waals surface area contributed by atoms with Gasteiger partial charge in [0.15, 0.2) is 5.96 Å². The molecule has 1 N–H and O–H groups in total. The highest BCUT2D eigenvalue weighted by Gasteiger charge is 2.18. The fourth-order valence-electron chi connectivity index (χ4n) is 2.84. The van der Waals surface area contributed by atoms with Crippen LogP contribution in [0.2, 0.25) is 0 Å². The molecule has 1 atom stereocenters. The van der Waals surface area contributed by atoms with Gasteiger partial charge in [0.1, 0.15) is 0 Å². The molecule has 1 unspecified atom stereocenters. The maximum Gasteiger partial charge on any atom is 0.193 e. The summed E-state index contributed by atoms with van der Waals surface area (Å²) in [7, 11) is 6.01. The van der Waals surface area contributed by atoms with E-state index in [1.54, 1.807) is 0 Å². The van der Waals surface area contributed by atoms with Crippen LogP contribution >= 0.6 is 0 Å². The molecule has 0 radical (unpaired) electrons. The number of hydrogen-bond acceptors (Lipinski definition) is 2. The van der Waals surface area contributed by atoms with Crippen molar-refractivity contribution in [3.8, 4) is 0 Å². The van der Waals surface area contributed by atoms with E-state index in [0.29, 0.717) is 0 Å². The van der Waals surface area contributed by atoms with E-state index < -0.39 is 0 Å². The third kappa shape index (κ3) is 4.38. The molecule has 0 aromatic heterocycles. The van der Waals surface area contributed by atoms with Crippen LogP contribution in [0.25, 0.3) is 0 Å². The van der Waals surface area contributed by atoms with Gasteiger partial charge in [-0.05, 0) is 36.5 Å². The molecule has 0 spiro atoms. The number of nitrogens with zero attached hydrogens (tertiary/aromatic N) is 3. The molecule has 116 valence electrons. The quantitative estimate of drug-likeness (QED) is 0.685. The minimum Gasteiger partial charge on any atom is -0.378 e. The number of benzene rings is 1. The number of guanidine groups is 1.